The van der Waals surface area contributed by atoms with Crippen LogP contribution in [0.25, 0.3) is 0 Å². The number of benzene rings is 2. The molecule has 3 atom stereocenters. The summed E-state index contributed by atoms with van der Waals surface area (Å²) in [7, 11) is 7.54. The second-order valence-electron chi connectivity index (χ2n) is 10.7. The Morgan fingerprint density at radius 3 is 2.00 bits per heavy atom. The molecule has 1 amide bonds. The summed E-state index contributed by atoms with van der Waals surface area (Å²) in [5.74, 6) is 1.56. The fraction of sp³-hybridized carbons (Fsp3) is 0.562. The highest BCUT2D eigenvalue weighted by molar-refractivity contribution is 5.95. The molecule has 4 bridgehead atoms. The first-order chi connectivity index (χ1) is 21.4. The van der Waals surface area contributed by atoms with Crippen molar-refractivity contribution in [1.29, 1.82) is 0 Å². The molecule has 44 heavy (non-hydrogen) atoms. The number of carbonyl (C=O) groups excluding carboxylic acids is 2. The van der Waals surface area contributed by atoms with Crippen molar-refractivity contribution in [3.8, 4) is 34.5 Å². The van der Waals surface area contributed by atoms with Gasteiger partial charge >= 0.3 is 5.97 Å². The van der Waals surface area contributed by atoms with E-state index < -0.39 is 12.1 Å². The lowest BCUT2D eigenvalue weighted by atomic mass is 10.1. The third-order valence-electron chi connectivity index (χ3n) is 7.96. The first-order valence-electron chi connectivity index (χ1n) is 15.0. The molecule has 2 heterocycles. The van der Waals surface area contributed by atoms with E-state index in [1.807, 2.05) is 0 Å². The van der Waals surface area contributed by atoms with Crippen LogP contribution in [0.3, 0.4) is 0 Å². The van der Waals surface area contributed by atoms with Crippen LogP contribution >= 0.6 is 0 Å². The topological polar surface area (TPSA) is 117 Å². The molecule has 0 aromatic heterocycles. The number of hydrogen-bond donors (Lipinski definition) is 1. The average molecular weight is 616 g/mol. The van der Waals surface area contributed by atoms with E-state index in [0.717, 1.165) is 52.1 Å². The van der Waals surface area contributed by atoms with Gasteiger partial charge in [0.1, 0.15) is 6.10 Å². The van der Waals surface area contributed by atoms with Crippen LogP contribution < -0.4 is 33.7 Å². The van der Waals surface area contributed by atoms with Crippen molar-refractivity contribution in [2.75, 3.05) is 88.0 Å². The largest absolute Gasteiger partial charge is 0.493 e. The molecule has 2 aliphatic rings. The van der Waals surface area contributed by atoms with Gasteiger partial charge in [-0.05, 0) is 63.2 Å². The smallest absolute Gasteiger partial charge is 0.338 e. The predicted octanol–water partition coefficient (Wildman–Crippen LogP) is 3.26. The minimum atomic E-state index is -0.503. The minimum absolute atomic E-state index is 0.212. The van der Waals surface area contributed by atoms with Gasteiger partial charge in [0.15, 0.2) is 23.0 Å². The summed E-state index contributed by atoms with van der Waals surface area (Å²) in [6.45, 7) is 6.34. The molecule has 0 spiro atoms. The Kier molecular flexibility index (Phi) is 12.2. The number of carbonyl (C=O) groups is 2. The molecule has 0 aliphatic carbocycles. The Morgan fingerprint density at radius 1 is 0.750 bits per heavy atom. The fourth-order valence-corrected chi connectivity index (χ4v) is 5.55. The summed E-state index contributed by atoms with van der Waals surface area (Å²) in [5, 5.41) is 3.01. The van der Waals surface area contributed by atoms with Gasteiger partial charge in [0.05, 0.1) is 47.7 Å². The number of amides is 1. The predicted molar refractivity (Wildman–Crippen MR) is 164 cm³/mol. The van der Waals surface area contributed by atoms with E-state index in [1.165, 1.54) is 35.5 Å². The number of fused-ring (bicyclic) bond motifs is 5. The van der Waals surface area contributed by atoms with Crippen molar-refractivity contribution in [1.82, 2.24) is 15.1 Å². The van der Waals surface area contributed by atoms with E-state index >= 15 is 0 Å². The lowest BCUT2D eigenvalue weighted by Gasteiger charge is -2.25. The number of hydrogen-bond acceptors (Lipinski definition) is 11. The quantitative estimate of drug-likeness (QED) is 0.463. The highest BCUT2D eigenvalue weighted by atomic mass is 16.6. The molecular weight excluding hydrogens is 570 g/mol. The van der Waals surface area contributed by atoms with Crippen LogP contribution in [0.15, 0.2) is 24.3 Å². The van der Waals surface area contributed by atoms with E-state index in [-0.39, 0.29) is 18.1 Å². The van der Waals surface area contributed by atoms with E-state index in [0.29, 0.717) is 59.4 Å². The lowest BCUT2D eigenvalue weighted by Crippen LogP contribution is -2.35. The van der Waals surface area contributed by atoms with Crippen LogP contribution in [0, 0.1) is 0 Å². The van der Waals surface area contributed by atoms with Crippen LogP contribution in [-0.2, 0) is 4.74 Å². The van der Waals surface area contributed by atoms with Crippen molar-refractivity contribution in [2.24, 2.45) is 0 Å². The number of esters is 1. The van der Waals surface area contributed by atoms with Crippen LogP contribution in [0.4, 0.5) is 0 Å². The van der Waals surface area contributed by atoms with E-state index in [1.54, 1.807) is 24.3 Å². The maximum atomic E-state index is 13.4. The van der Waals surface area contributed by atoms with Crippen LogP contribution in [-0.4, -0.2) is 116 Å². The number of ether oxygens (including phenoxy) is 7. The molecule has 2 aromatic rings. The van der Waals surface area contributed by atoms with Crippen LogP contribution in [0.2, 0.25) is 0 Å². The van der Waals surface area contributed by atoms with Gasteiger partial charge in [-0.3, -0.25) is 4.79 Å². The van der Waals surface area contributed by atoms with Crippen molar-refractivity contribution >= 4 is 11.9 Å². The summed E-state index contributed by atoms with van der Waals surface area (Å²) in [6, 6.07) is 6.46. The Bertz CT molecular complexity index is 1250. The Balaban J connectivity index is 1.58. The van der Waals surface area contributed by atoms with Crippen molar-refractivity contribution < 1.29 is 42.7 Å². The molecule has 1 N–H and O–H groups in total. The van der Waals surface area contributed by atoms with Crippen molar-refractivity contribution in [2.45, 2.75) is 31.8 Å². The Hall–Kier alpha value is -3.90. The highest BCUT2D eigenvalue weighted by Crippen LogP contribution is 2.40. The van der Waals surface area contributed by atoms with Gasteiger partial charge in [-0.15, -0.1) is 0 Å². The molecule has 12 nitrogen and oxygen atoms in total. The van der Waals surface area contributed by atoms with Gasteiger partial charge in [-0.25, -0.2) is 4.79 Å². The molecule has 0 radical (unpaired) electrons. The minimum Gasteiger partial charge on any atom is -0.493 e. The second-order valence-corrected chi connectivity index (χ2v) is 10.7. The van der Waals surface area contributed by atoms with E-state index in [2.05, 4.69) is 15.1 Å². The van der Waals surface area contributed by atoms with Gasteiger partial charge in [-0.2, -0.15) is 0 Å². The molecule has 2 aliphatic heterocycles. The Morgan fingerprint density at radius 2 is 1.36 bits per heavy atom. The number of methoxy groups -OCH3 is 5. The van der Waals surface area contributed by atoms with Gasteiger partial charge in [0.25, 0.3) is 5.91 Å². The maximum absolute atomic E-state index is 13.4. The van der Waals surface area contributed by atoms with Gasteiger partial charge < -0.3 is 48.3 Å². The average Bonchev–Trinajstić information content (AvgIpc) is 3.28. The monoisotopic (exact) mass is 615 g/mol. The third kappa shape index (κ3) is 8.38. The molecule has 2 unspecified atom stereocenters. The van der Waals surface area contributed by atoms with Crippen LogP contribution in [0.5, 0.6) is 34.5 Å². The number of rotatable bonds is 7. The Labute approximate surface area is 259 Å². The normalized spacial score (nSPS) is 21.4. The van der Waals surface area contributed by atoms with Crippen molar-refractivity contribution in [3.63, 3.8) is 0 Å². The van der Waals surface area contributed by atoms with Crippen LogP contribution in [0.1, 0.15) is 46.4 Å². The van der Waals surface area contributed by atoms with Crippen molar-refractivity contribution in [3.05, 3.63) is 35.4 Å². The summed E-state index contributed by atoms with van der Waals surface area (Å²) in [6.07, 6.45) is 2.50. The molecule has 1 saturated heterocycles. The zero-order valence-electron chi connectivity index (χ0n) is 26.4. The van der Waals surface area contributed by atoms with E-state index in [4.69, 9.17) is 33.2 Å². The molecular formula is C32H45N3O9. The first kappa shape index (κ1) is 33.0. The molecule has 242 valence electrons. The maximum Gasteiger partial charge on any atom is 0.338 e. The zero-order chi connectivity index (χ0) is 31.5. The molecule has 2 aromatic carbocycles. The zero-order valence-corrected chi connectivity index (χ0v) is 26.4. The fourth-order valence-electron chi connectivity index (χ4n) is 5.55. The molecule has 1 fully saturated rings. The lowest BCUT2D eigenvalue weighted by molar-refractivity contribution is 0.0201. The summed E-state index contributed by atoms with van der Waals surface area (Å²) >= 11 is 0. The summed E-state index contributed by atoms with van der Waals surface area (Å²) in [5.41, 5.74) is 0.699. The summed E-state index contributed by atoms with van der Waals surface area (Å²) < 4.78 is 39.6. The highest BCUT2D eigenvalue weighted by Gasteiger charge is 2.24. The molecule has 4 rings (SSSR count). The van der Waals surface area contributed by atoms with Gasteiger partial charge in [-0.1, -0.05) is 0 Å². The second kappa shape index (κ2) is 16.2. The number of nitrogens with zero attached hydrogens (tertiary/aromatic N) is 2. The molecule has 0 saturated carbocycles. The first-order valence-corrected chi connectivity index (χ1v) is 15.0. The number of nitrogens with one attached hydrogen (secondary N) is 1. The van der Waals surface area contributed by atoms with E-state index in [9.17, 15) is 9.59 Å². The SMILES string of the molecule is COc1cc(C(=O)O[C@@H]2CCOc3cc(cc(OC)c3OC)C(=O)NCCCN3CCCN(CC2)CC3)cc(OC)c1OC. The van der Waals surface area contributed by atoms with Gasteiger partial charge in [0.2, 0.25) is 11.5 Å². The standard InChI is InChI=1S/C32H45N3O9/c1-38-25-18-22-19-28(30(25)42-5)43-17-9-24(44-32(37)23-20-26(39-2)29(41-4)27(21-23)40-3)8-14-35-13-7-12-34(15-16-35)11-6-10-33-31(22)36/h18-21,24H,6-17H2,1-5H3,(H,33,36)/t24-/m0/s1. The third-order valence-corrected chi connectivity index (χ3v) is 7.96. The molecule has 12 heteroatoms. The van der Waals surface area contributed by atoms with Gasteiger partial charge in [0, 0.05) is 38.2 Å². The summed E-state index contributed by atoms with van der Waals surface area (Å²) in [4.78, 5) is 31.3.